The van der Waals surface area contributed by atoms with Crippen LogP contribution in [0.5, 0.6) is 11.5 Å². The molecule has 0 aliphatic heterocycles. The standard InChI is InChI=1S/C22H25N3O4/c1-27-13-5-12-23-22(26)21-15-20(16-6-4-7-19(14-16)29-3)24-25(21)17-8-10-18(28-2)11-9-17/h4,6-11,14-15H,5,12-13H2,1-3H3,(H,23,26). The van der Waals surface area contributed by atoms with Crippen molar-refractivity contribution in [3.05, 3.63) is 60.3 Å². The van der Waals surface area contributed by atoms with Gasteiger partial charge in [-0.1, -0.05) is 12.1 Å². The maximum Gasteiger partial charge on any atom is 0.270 e. The molecule has 2 aromatic carbocycles. The van der Waals surface area contributed by atoms with Crippen molar-refractivity contribution in [3.8, 4) is 28.4 Å². The summed E-state index contributed by atoms with van der Waals surface area (Å²) in [5.74, 6) is 1.27. The van der Waals surface area contributed by atoms with E-state index in [2.05, 4.69) is 10.4 Å². The highest BCUT2D eigenvalue weighted by Gasteiger charge is 2.18. The molecule has 0 fully saturated rings. The molecule has 1 aromatic heterocycles. The fourth-order valence-electron chi connectivity index (χ4n) is 2.90. The van der Waals surface area contributed by atoms with Gasteiger partial charge in [-0.05, 0) is 48.9 Å². The lowest BCUT2D eigenvalue weighted by Gasteiger charge is -2.09. The van der Waals surface area contributed by atoms with Gasteiger partial charge >= 0.3 is 0 Å². The highest BCUT2D eigenvalue weighted by Crippen LogP contribution is 2.25. The van der Waals surface area contributed by atoms with Crippen molar-refractivity contribution in [1.82, 2.24) is 15.1 Å². The molecule has 1 amide bonds. The first-order valence-electron chi connectivity index (χ1n) is 9.32. The Morgan fingerprint density at radius 1 is 1.00 bits per heavy atom. The monoisotopic (exact) mass is 395 g/mol. The summed E-state index contributed by atoms with van der Waals surface area (Å²) in [7, 11) is 4.87. The summed E-state index contributed by atoms with van der Waals surface area (Å²) >= 11 is 0. The van der Waals surface area contributed by atoms with Crippen LogP contribution in [0.1, 0.15) is 16.9 Å². The zero-order valence-electron chi connectivity index (χ0n) is 16.8. The SMILES string of the molecule is COCCCNC(=O)c1cc(-c2cccc(OC)c2)nn1-c1ccc(OC)cc1. The van der Waals surface area contributed by atoms with Crippen LogP contribution in [-0.2, 0) is 4.74 Å². The van der Waals surface area contributed by atoms with Crippen LogP contribution >= 0.6 is 0 Å². The summed E-state index contributed by atoms with van der Waals surface area (Å²) in [4.78, 5) is 12.8. The summed E-state index contributed by atoms with van der Waals surface area (Å²) in [5, 5.41) is 7.61. The Kier molecular flexibility index (Phi) is 6.86. The van der Waals surface area contributed by atoms with Crippen LogP contribution in [0, 0.1) is 0 Å². The lowest BCUT2D eigenvalue weighted by Crippen LogP contribution is -2.27. The minimum atomic E-state index is -0.196. The maximum absolute atomic E-state index is 12.8. The number of benzene rings is 2. The molecule has 1 heterocycles. The Balaban J connectivity index is 1.96. The summed E-state index contributed by atoms with van der Waals surface area (Å²) < 4.78 is 17.2. The Morgan fingerprint density at radius 3 is 2.45 bits per heavy atom. The van der Waals surface area contributed by atoms with E-state index in [9.17, 15) is 4.79 Å². The molecule has 0 aliphatic rings. The first-order valence-corrected chi connectivity index (χ1v) is 9.32. The van der Waals surface area contributed by atoms with Gasteiger partial charge in [-0.15, -0.1) is 0 Å². The van der Waals surface area contributed by atoms with E-state index in [1.165, 1.54) is 0 Å². The number of methoxy groups -OCH3 is 3. The predicted molar refractivity (Wildman–Crippen MR) is 111 cm³/mol. The fourth-order valence-corrected chi connectivity index (χ4v) is 2.90. The molecule has 152 valence electrons. The number of nitrogens with one attached hydrogen (secondary N) is 1. The van der Waals surface area contributed by atoms with Crippen molar-refractivity contribution in [2.45, 2.75) is 6.42 Å². The van der Waals surface area contributed by atoms with Crippen LogP contribution in [0.15, 0.2) is 54.6 Å². The van der Waals surface area contributed by atoms with Gasteiger partial charge in [0.1, 0.15) is 17.2 Å². The van der Waals surface area contributed by atoms with Crippen molar-refractivity contribution in [1.29, 1.82) is 0 Å². The minimum absolute atomic E-state index is 0.196. The van der Waals surface area contributed by atoms with Crippen molar-refractivity contribution in [2.24, 2.45) is 0 Å². The third-order valence-corrected chi connectivity index (χ3v) is 4.44. The third-order valence-electron chi connectivity index (χ3n) is 4.44. The molecule has 7 nitrogen and oxygen atoms in total. The van der Waals surface area contributed by atoms with Crippen LogP contribution in [0.25, 0.3) is 16.9 Å². The Morgan fingerprint density at radius 2 is 1.76 bits per heavy atom. The average molecular weight is 395 g/mol. The fraction of sp³-hybridized carbons (Fsp3) is 0.273. The van der Waals surface area contributed by atoms with E-state index >= 15 is 0 Å². The van der Waals surface area contributed by atoms with Gasteiger partial charge in [0.15, 0.2) is 0 Å². The lowest BCUT2D eigenvalue weighted by molar-refractivity contribution is 0.0941. The van der Waals surface area contributed by atoms with Gasteiger partial charge in [-0.3, -0.25) is 4.79 Å². The van der Waals surface area contributed by atoms with Crippen LogP contribution in [0.3, 0.4) is 0 Å². The molecule has 0 saturated carbocycles. The summed E-state index contributed by atoms with van der Waals surface area (Å²) in [5.41, 5.74) is 2.76. The van der Waals surface area contributed by atoms with E-state index in [-0.39, 0.29) is 5.91 Å². The van der Waals surface area contributed by atoms with Gasteiger partial charge in [0.2, 0.25) is 0 Å². The van der Waals surface area contributed by atoms with Crippen molar-refractivity contribution in [2.75, 3.05) is 34.5 Å². The van der Waals surface area contributed by atoms with Gasteiger partial charge in [-0.2, -0.15) is 5.10 Å². The molecule has 0 atom stereocenters. The minimum Gasteiger partial charge on any atom is -0.497 e. The molecule has 0 saturated heterocycles. The van der Waals surface area contributed by atoms with Crippen molar-refractivity contribution in [3.63, 3.8) is 0 Å². The number of rotatable bonds is 9. The van der Waals surface area contributed by atoms with Crippen LogP contribution in [0.4, 0.5) is 0 Å². The second-order valence-corrected chi connectivity index (χ2v) is 6.36. The van der Waals surface area contributed by atoms with Crippen LogP contribution in [0.2, 0.25) is 0 Å². The summed E-state index contributed by atoms with van der Waals surface area (Å²) in [6.07, 6.45) is 0.738. The number of amides is 1. The average Bonchev–Trinajstić information content (AvgIpc) is 3.22. The molecule has 3 rings (SSSR count). The number of carbonyl (C=O) groups is 1. The second-order valence-electron chi connectivity index (χ2n) is 6.36. The molecular formula is C22H25N3O4. The first-order chi connectivity index (χ1) is 14.2. The highest BCUT2D eigenvalue weighted by molar-refractivity contribution is 5.94. The van der Waals surface area contributed by atoms with Gasteiger partial charge < -0.3 is 19.5 Å². The van der Waals surface area contributed by atoms with Gasteiger partial charge in [0.05, 0.1) is 25.6 Å². The Hall–Kier alpha value is -3.32. The molecule has 0 bridgehead atoms. The van der Waals surface area contributed by atoms with Crippen LogP contribution < -0.4 is 14.8 Å². The Labute approximate surface area is 170 Å². The van der Waals surface area contributed by atoms with E-state index in [0.717, 1.165) is 29.2 Å². The second kappa shape index (κ2) is 9.75. The van der Waals surface area contributed by atoms with Gasteiger partial charge in [0, 0.05) is 25.8 Å². The van der Waals surface area contributed by atoms with E-state index in [4.69, 9.17) is 14.2 Å². The molecule has 1 N–H and O–H groups in total. The molecule has 0 aliphatic carbocycles. The van der Waals surface area contributed by atoms with E-state index < -0.39 is 0 Å². The van der Waals surface area contributed by atoms with E-state index in [1.54, 1.807) is 32.1 Å². The number of hydrogen-bond donors (Lipinski definition) is 1. The molecule has 3 aromatic rings. The molecule has 0 radical (unpaired) electrons. The number of aromatic nitrogens is 2. The maximum atomic E-state index is 12.8. The largest absolute Gasteiger partial charge is 0.497 e. The van der Waals surface area contributed by atoms with Crippen molar-refractivity contribution < 1.29 is 19.0 Å². The zero-order valence-corrected chi connectivity index (χ0v) is 16.8. The molecule has 0 spiro atoms. The Bertz CT molecular complexity index is 951. The molecule has 29 heavy (non-hydrogen) atoms. The number of hydrogen-bond acceptors (Lipinski definition) is 5. The predicted octanol–water partition coefficient (Wildman–Crippen LogP) is 3.32. The number of carbonyl (C=O) groups excluding carboxylic acids is 1. The third kappa shape index (κ3) is 4.94. The highest BCUT2D eigenvalue weighted by atomic mass is 16.5. The lowest BCUT2D eigenvalue weighted by atomic mass is 10.1. The van der Waals surface area contributed by atoms with Crippen LogP contribution in [-0.4, -0.2) is 50.2 Å². The molecule has 0 unspecified atom stereocenters. The molecular weight excluding hydrogens is 370 g/mol. The van der Waals surface area contributed by atoms with E-state index in [0.29, 0.717) is 24.5 Å². The number of nitrogens with zero attached hydrogens (tertiary/aromatic N) is 2. The summed E-state index contributed by atoms with van der Waals surface area (Å²) in [6, 6.07) is 16.8. The normalized spacial score (nSPS) is 10.6. The first kappa shape index (κ1) is 20.4. The topological polar surface area (TPSA) is 74.6 Å². The quantitative estimate of drug-likeness (QED) is 0.563. The van der Waals surface area contributed by atoms with Gasteiger partial charge in [-0.25, -0.2) is 4.68 Å². The van der Waals surface area contributed by atoms with Gasteiger partial charge in [0.25, 0.3) is 5.91 Å². The number of ether oxygens (including phenoxy) is 3. The smallest absolute Gasteiger partial charge is 0.270 e. The summed E-state index contributed by atoms with van der Waals surface area (Å²) in [6.45, 7) is 1.11. The molecule has 7 heteroatoms. The zero-order chi connectivity index (χ0) is 20.6. The van der Waals surface area contributed by atoms with E-state index in [1.807, 2.05) is 48.5 Å². The van der Waals surface area contributed by atoms with Crippen molar-refractivity contribution >= 4 is 5.91 Å².